The third kappa shape index (κ3) is 2.02. The van der Waals surface area contributed by atoms with Gasteiger partial charge in [0.2, 0.25) is 11.7 Å². The first-order valence-electron chi connectivity index (χ1n) is 5.69. The molecule has 0 aliphatic carbocycles. The molecular weight excluding hydrogens is 228 g/mol. The second kappa shape index (κ2) is 4.44. The monoisotopic (exact) mass is 240 g/mol. The molecule has 3 aromatic rings. The van der Waals surface area contributed by atoms with Crippen molar-refractivity contribution in [2.45, 2.75) is 13.5 Å². The Labute approximate surface area is 104 Å². The molecule has 0 bridgehead atoms. The number of hydrogen-bond donors (Lipinski definition) is 0. The molecule has 90 valence electrons. The molecule has 1 aromatic carbocycles. The number of rotatable bonds is 3. The zero-order valence-corrected chi connectivity index (χ0v) is 9.95. The minimum absolute atomic E-state index is 0.499. The van der Waals surface area contributed by atoms with E-state index in [4.69, 9.17) is 4.52 Å². The van der Waals surface area contributed by atoms with Gasteiger partial charge in [-0.05, 0) is 13.0 Å². The zero-order valence-electron chi connectivity index (χ0n) is 9.95. The van der Waals surface area contributed by atoms with Crippen molar-refractivity contribution in [2.24, 2.45) is 0 Å². The van der Waals surface area contributed by atoms with Crippen LogP contribution in [0, 0.1) is 6.92 Å². The topological polar surface area (TPSA) is 56.7 Å². The lowest BCUT2D eigenvalue weighted by atomic mass is 10.2. The fourth-order valence-electron chi connectivity index (χ4n) is 1.72. The molecule has 0 spiro atoms. The first kappa shape index (κ1) is 10.7. The molecule has 0 fully saturated rings. The summed E-state index contributed by atoms with van der Waals surface area (Å²) in [5.41, 5.74) is 2.01. The lowest BCUT2D eigenvalue weighted by Gasteiger charge is -1.98. The molecule has 0 saturated carbocycles. The quantitative estimate of drug-likeness (QED) is 0.704. The Bertz CT molecular complexity index is 642. The second-order valence-electron chi connectivity index (χ2n) is 4.01. The molecule has 5 nitrogen and oxygen atoms in total. The first-order valence-corrected chi connectivity index (χ1v) is 5.69. The van der Waals surface area contributed by atoms with Gasteiger partial charge in [0.1, 0.15) is 6.54 Å². The van der Waals surface area contributed by atoms with Crippen molar-refractivity contribution in [1.82, 2.24) is 19.9 Å². The minimum atomic E-state index is 0.499. The highest BCUT2D eigenvalue weighted by Gasteiger charge is 2.09. The van der Waals surface area contributed by atoms with Crippen LogP contribution in [0.1, 0.15) is 11.6 Å². The van der Waals surface area contributed by atoms with Crippen molar-refractivity contribution in [1.29, 1.82) is 0 Å². The highest BCUT2D eigenvalue weighted by atomic mass is 16.5. The highest BCUT2D eigenvalue weighted by molar-refractivity contribution is 5.53. The molecule has 2 heterocycles. The summed E-state index contributed by atoms with van der Waals surface area (Å²) in [6.45, 7) is 2.49. The van der Waals surface area contributed by atoms with Crippen molar-refractivity contribution in [3.63, 3.8) is 0 Å². The van der Waals surface area contributed by atoms with Gasteiger partial charge in [-0.15, -0.1) is 0 Å². The Kier molecular flexibility index (Phi) is 2.64. The van der Waals surface area contributed by atoms with E-state index in [-0.39, 0.29) is 0 Å². The van der Waals surface area contributed by atoms with Crippen molar-refractivity contribution in [2.75, 3.05) is 0 Å². The van der Waals surface area contributed by atoms with Gasteiger partial charge in [0.05, 0.1) is 0 Å². The summed E-state index contributed by atoms with van der Waals surface area (Å²) in [4.78, 5) is 4.36. The van der Waals surface area contributed by atoms with Gasteiger partial charge >= 0.3 is 0 Å². The van der Waals surface area contributed by atoms with Crippen LogP contribution in [0.4, 0.5) is 0 Å². The lowest BCUT2D eigenvalue weighted by Crippen LogP contribution is -2.03. The number of aryl methyl sites for hydroxylation is 1. The normalized spacial score (nSPS) is 10.7. The van der Waals surface area contributed by atoms with E-state index in [0.29, 0.717) is 18.3 Å². The summed E-state index contributed by atoms with van der Waals surface area (Å²) in [5.74, 6) is 1.16. The first-order chi connectivity index (χ1) is 8.83. The van der Waals surface area contributed by atoms with Gasteiger partial charge in [-0.25, -0.2) is 0 Å². The molecule has 0 aliphatic rings. The summed E-state index contributed by atoms with van der Waals surface area (Å²) in [7, 11) is 0. The molecule has 3 rings (SSSR count). The van der Waals surface area contributed by atoms with Gasteiger partial charge in [-0.2, -0.15) is 10.1 Å². The smallest absolute Gasteiger partial charge is 0.248 e. The van der Waals surface area contributed by atoms with E-state index >= 15 is 0 Å². The van der Waals surface area contributed by atoms with Gasteiger partial charge in [-0.3, -0.25) is 4.68 Å². The summed E-state index contributed by atoms with van der Waals surface area (Å²) in [6.07, 6.45) is 1.75. The highest BCUT2D eigenvalue weighted by Crippen LogP contribution is 2.15. The average molecular weight is 240 g/mol. The fraction of sp³-hybridized carbons (Fsp3) is 0.154. The molecule has 18 heavy (non-hydrogen) atoms. The van der Waals surface area contributed by atoms with Crippen LogP contribution in [0.5, 0.6) is 0 Å². The van der Waals surface area contributed by atoms with Crippen LogP contribution >= 0.6 is 0 Å². The maximum Gasteiger partial charge on any atom is 0.248 e. The molecule has 0 amide bonds. The fourth-order valence-corrected chi connectivity index (χ4v) is 1.72. The Balaban J connectivity index is 1.84. The number of nitrogens with zero attached hydrogens (tertiary/aromatic N) is 4. The Morgan fingerprint density at radius 1 is 1.17 bits per heavy atom. The van der Waals surface area contributed by atoms with E-state index in [1.807, 2.05) is 48.0 Å². The summed E-state index contributed by atoms with van der Waals surface area (Å²) in [5, 5.41) is 8.15. The average Bonchev–Trinajstić information content (AvgIpc) is 3.02. The third-order valence-electron chi connectivity index (χ3n) is 2.71. The van der Waals surface area contributed by atoms with Crippen molar-refractivity contribution in [3.05, 3.63) is 54.2 Å². The van der Waals surface area contributed by atoms with Gasteiger partial charge in [0, 0.05) is 17.5 Å². The SMILES string of the molecule is Cc1ccnn1Cc1nc(-c2ccccc2)no1. The molecule has 2 aromatic heterocycles. The van der Waals surface area contributed by atoms with Gasteiger partial charge in [0.15, 0.2) is 0 Å². The molecule has 0 N–H and O–H groups in total. The number of benzene rings is 1. The molecule has 0 atom stereocenters. The molecule has 0 radical (unpaired) electrons. The molecule has 5 heteroatoms. The number of aromatic nitrogens is 4. The van der Waals surface area contributed by atoms with Crippen LogP contribution in [0.25, 0.3) is 11.4 Å². The van der Waals surface area contributed by atoms with E-state index in [1.54, 1.807) is 6.20 Å². The largest absolute Gasteiger partial charge is 0.337 e. The standard InChI is InChI=1S/C13H12N4O/c1-10-7-8-14-17(10)9-12-15-13(16-18-12)11-5-3-2-4-6-11/h2-8H,9H2,1H3. The Hall–Kier alpha value is -2.43. The molecule has 0 aliphatic heterocycles. The second-order valence-corrected chi connectivity index (χ2v) is 4.01. The Morgan fingerprint density at radius 3 is 2.72 bits per heavy atom. The molecular formula is C13H12N4O. The Morgan fingerprint density at radius 2 is 2.00 bits per heavy atom. The van der Waals surface area contributed by atoms with Crippen molar-refractivity contribution in [3.8, 4) is 11.4 Å². The lowest BCUT2D eigenvalue weighted by molar-refractivity contribution is 0.365. The predicted molar refractivity (Wildman–Crippen MR) is 65.8 cm³/mol. The zero-order chi connectivity index (χ0) is 12.4. The van der Waals surface area contributed by atoms with Crippen molar-refractivity contribution < 1.29 is 4.52 Å². The van der Waals surface area contributed by atoms with Crippen LogP contribution < -0.4 is 0 Å². The summed E-state index contributed by atoms with van der Waals surface area (Å²) >= 11 is 0. The van der Waals surface area contributed by atoms with E-state index in [1.165, 1.54) is 0 Å². The van der Waals surface area contributed by atoms with Crippen molar-refractivity contribution >= 4 is 0 Å². The van der Waals surface area contributed by atoms with Gasteiger partial charge in [-0.1, -0.05) is 35.5 Å². The third-order valence-corrected chi connectivity index (χ3v) is 2.71. The minimum Gasteiger partial charge on any atom is -0.337 e. The molecule has 0 saturated heterocycles. The van der Waals surface area contributed by atoms with E-state index in [9.17, 15) is 0 Å². The maximum atomic E-state index is 5.23. The van der Waals surface area contributed by atoms with Crippen LogP contribution in [0.15, 0.2) is 47.1 Å². The maximum absolute atomic E-state index is 5.23. The molecule has 0 unspecified atom stereocenters. The van der Waals surface area contributed by atoms with Gasteiger partial charge < -0.3 is 4.52 Å². The summed E-state index contributed by atoms with van der Waals surface area (Å²) < 4.78 is 7.05. The van der Waals surface area contributed by atoms with Crippen LogP contribution in [-0.2, 0) is 6.54 Å². The van der Waals surface area contributed by atoms with Gasteiger partial charge in [0.25, 0.3) is 0 Å². The predicted octanol–water partition coefficient (Wildman–Crippen LogP) is 2.29. The van der Waals surface area contributed by atoms with E-state index < -0.39 is 0 Å². The van der Waals surface area contributed by atoms with Crippen LogP contribution in [-0.4, -0.2) is 19.9 Å². The van der Waals surface area contributed by atoms with E-state index in [2.05, 4.69) is 15.2 Å². The van der Waals surface area contributed by atoms with Crippen LogP contribution in [0.3, 0.4) is 0 Å². The van der Waals surface area contributed by atoms with E-state index in [0.717, 1.165) is 11.3 Å². The summed E-state index contributed by atoms with van der Waals surface area (Å²) in [6, 6.07) is 11.7. The number of hydrogen-bond acceptors (Lipinski definition) is 4. The van der Waals surface area contributed by atoms with Crippen LogP contribution in [0.2, 0.25) is 0 Å².